The topological polar surface area (TPSA) is 83.2 Å². The van der Waals surface area contributed by atoms with Crippen molar-refractivity contribution in [1.82, 2.24) is 30.1 Å². The Morgan fingerprint density at radius 2 is 2.06 bits per heavy atom. The fourth-order valence-electron chi connectivity index (χ4n) is 5.07. The number of hydrogen-bond donors (Lipinski definition) is 1. The van der Waals surface area contributed by atoms with E-state index in [9.17, 15) is 5.11 Å². The van der Waals surface area contributed by atoms with Crippen LogP contribution in [0.25, 0.3) is 16.9 Å². The Balaban J connectivity index is 1.37. The molecule has 0 spiro atoms. The molecule has 1 N–H and O–H groups in total. The number of alkyl halides is 1. The first-order valence-electron chi connectivity index (χ1n) is 10.5. The Morgan fingerprint density at radius 1 is 1.23 bits per heavy atom. The first kappa shape index (κ1) is 19.9. The zero-order valence-electron chi connectivity index (χ0n) is 17.9. The lowest BCUT2D eigenvalue weighted by atomic mass is 9.84. The summed E-state index contributed by atoms with van der Waals surface area (Å²) < 4.78 is 17.1. The molecule has 0 saturated carbocycles. The van der Waals surface area contributed by atoms with Crippen LogP contribution in [0.1, 0.15) is 26.2 Å². The highest BCUT2D eigenvalue weighted by atomic mass is 19.1. The van der Waals surface area contributed by atoms with Gasteiger partial charge in [-0.2, -0.15) is 0 Å². The molecule has 2 aliphatic rings. The third-order valence-corrected chi connectivity index (χ3v) is 7.24. The highest BCUT2D eigenvalue weighted by Gasteiger charge is 2.55. The average molecular weight is 423 g/mol. The van der Waals surface area contributed by atoms with E-state index in [1.807, 2.05) is 44.1 Å². The lowest BCUT2D eigenvalue weighted by Gasteiger charge is -2.49. The minimum absolute atomic E-state index is 0.0760. The molecule has 1 unspecified atom stereocenters. The van der Waals surface area contributed by atoms with Crippen molar-refractivity contribution in [3.63, 3.8) is 0 Å². The molecule has 2 aliphatic heterocycles. The van der Waals surface area contributed by atoms with Crippen LogP contribution in [0.3, 0.4) is 0 Å². The van der Waals surface area contributed by atoms with Gasteiger partial charge in [0.25, 0.3) is 0 Å². The van der Waals surface area contributed by atoms with Gasteiger partial charge in [0, 0.05) is 24.7 Å². The molecule has 1 aromatic carbocycles. The third-order valence-electron chi connectivity index (χ3n) is 7.24. The molecule has 2 bridgehead atoms. The first-order chi connectivity index (χ1) is 14.9. The Labute approximate surface area is 180 Å². The van der Waals surface area contributed by atoms with Gasteiger partial charge in [-0.3, -0.25) is 4.90 Å². The maximum Gasteiger partial charge on any atom is 0.151 e. The largest absolute Gasteiger partial charge is 0.507 e. The van der Waals surface area contributed by atoms with E-state index in [1.54, 1.807) is 29.2 Å². The summed E-state index contributed by atoms with van der Waals surface area (Å²) in [5.41, 5.74) is 1.39. The van der Waals surface area contributed by atoms with Crippen LogP contribution in [0.5, 0.6) is 5.75 Å². The van der Waals surface area contributed by atoms with Crippen molar-refractivity contribution < 1.29 is 9.50 Å². The fraction of sp³-hybridized carbons (Fsp3) is 0.455. The van der Waals surface area contributed by atoms with E-state index in [0.717, 1.165) is 19.3 Å². The van der Waals surface area contributed by atoms with Crippen molar-refractivity contribution in [2.75, 3.05) is 19.0 Å². The number of phenolic OH excluding ortho intramolecular Hbond substituents is 1. The summed E-state index contributed by atoms with van der Waals surface area (Å²) in [6.07, 6.45) is 5.00. The molecule has 0 radical (unpaired) electrons. The van der Waals surface area contributed by atoms with Crippen molar-refractivity contribution in [2.24, 2.45) is 0 Å². The molecule has 31 heavy (non-hydrogen) atoms. The molecule has 9 heteroatoms. The molecule has 3 aromatic rings. The van der Waals surface area contributed by atoms with E-state index in [0.29, 0.717) is 28.8 Å². The van der Waals surface area contributed by atoms with Crippen molar-refractivity contribution in [3.8, 4) is 22.7 Å². The maximum absolute atomic E-state index is 15.5. The van der Waals surface area contributed by atoms with Crippen LogP contribution in [-0.2, 0) is 0 Å². The molecular weight excluding hydrogens is 397 g/mol. The molecule has 2 saturated heterocycles. The van der Waals surface area contributed by atoms with E-state index in [1.165, 1.54) is 0 Å². The summed E-state index contributed by atoms with van der Waals surface area (Å²) in [5, 5.41) is 26.8. The van der Waals surface area contributed by atoms with Crippen molar-refractivity contribution >= 4 is 5.82 Å². The normalized spacial score (nSPS) is 28.1. The van der Waals surface area contributed by atoms with Gasteiger partial charge in [0.2, 0.25) is 0 Å². The van der Waals surface area contributed by atoms with Gasteiger partial charge in [0.1, 0.15) is 11.9 Å². The van der Waals surface area contributed by atoms with Gasteiger partial charge in [-0.25, -0.2) is 9.07 Å². The highest BCUT2D eigenvalue weighted by molar-refractivity contribution is 5.69. The minimum Gasteiger partial charge on any atom is -0.507 e. The number of fused-ring (bicyclic) bond motifs is 2. The molecule has 162 valence electrons. The Bertz CT molecular complexity index is 1070. The number of hydrogen-bond acceptors (Lipinski definition) is 7. The van der Waals surface area contributed by atoms with Crippen molar-refractivity contribution in [2.45, 2.75) is 50.0 Å². The molecule has 8 nitrogen and oxygen atoms in total. The number of halogens is 1. The van der Waals surface area contributed by atoms with Gasteiger partial charge >= 0.3 is 0 Å². The predicted molar refractivity (Wildman–Crippen MR) is 115 cm³/mol. The monoisotopic (exact) mass is 423 g/mol. The molecule has 2 aromatic heterocycles. The summed E-state index contributed by atoms with van der Waals surface area (Å²) >= 11 is 0. The van der Waals surface area contributed by atoms with Crippen LogP contribution in [0, 0.1) is 0 Å². The Kier molecular flexibility index (Phi) is 4.65. The molecule has 0 amide bonds. The quantitative estimate of drug-likeness (QED) is 0.691. The number of nitrogens with zero attached hydrogens (tertiary/aromatic N) is 7. The van der Waals surface area contributed by atoms with Gasteiger partial charge in [0.15, 0.2) is 5.82 Å². The zero-order valence-corrected chi connectivity index (χ0v) is 17.9. The van der Waals surface area contributed by atoms with Crippen LogP contribution in [-0.4, -0.2) is 73.1 Å². The van der Waals surface area contributed by atoms with Gasteiger partial charge in [-0.15, -0.1) is 15.3 Å². The number of piperidine rings is 1. The summed E-state index contributed by atoms with van der Waals surface area (Å²) in [7, 11) is 3.93. The summed E-state index contributed by atoms with van der Waals surface area (Å²) in [5.74, 6) is 0.703. The van der Waals surface area contributed by atoms with E-state index < -0.39 is 11.7 Å². The Morgan fingerprint density at radius 3 is 2.74 bits per heavy atom. The van der Waals surface area contributed by atoms with Gasteiger partial charge in [-0.1, -0.05) is 5.21 Å². The molecule has 0 aliphatic carbocycles. The highest BCUT2D eigenvalue weighted by Crippen LogP contribution is 2.46. The van der Waals surface area contributed by atoms with Crippen LogP contribution >= 0.6 is 0 Å². The first-order valence-corrected chi connectivity index (χ1v) is 10.5. The van der Waals surface area contributed by atoms with Crippen LogP contribution in [0.2, 0.25) is 0 Å². The smallest absolute Gasteiger partial charge is 0.151 e. The van der Waals surface area contributed by atoms with Crippen LogP contribution in [0.15, 0.2) is 42.7 Å². The second-order valence-corrected chi connectivity index (χ2v) is 8.80. The summed E-state index contributed by atoms with van der Waals surface area (Å²) in [6, 6.07) is 9.01. The maximum atomic E-state index is 15.5. The third kappa shape index (κ3) is 3.15. The number of anilines is 1. The fourth-order valence-corrected chi connectivity index (χ4v) is 5.07. The molecular formula is C22H26FN7O. The van der Waals surface area contributed by atoms with Crippen LogP contribution < -0.4 is 4.90 Å². The van der Waals surface area contributed by atoms with Crippen molar-refractivity contribution in [3.05, 3.63) is 42.7 Å². The zero-order chi connectivity index (χ0) is 21.8. The van der Waals surface area contributed by atoms with Gasteiger partial charge < -0.3 is 10.0 Å². The molecule has 4 heterocycles. The number of aromatic nitrogens is 5. The minimum atomic E-state index is -0.962. The number of phenols is 1. The summed E-state index contributed by atoms with van der Waals surface area (Å²) in [4.78, 5) is 4.13. The van der Waals surface area contributed by atoms with E-state index in [-0.39, 0.29) is 11.8 Å². The summed E-state index contributed by atoms with van der Waals surface area (Å²) in [6.45, 7) is 2.03. The lowest BCUT2D eigenvalue weighted by molar-refractivity contribution is 0.00185. The van der Waals surface area contributed by atoms with Gasteiger partial charge in [-0.05, 0) is 57.5 Å². The SMILES string of the molecule is CN(c1ccc(-c2ccc(-n3ccnn3)cc2O)nn1)[C@H]1CC2CC[C@](C)([C@@H]1F)N2C. The van der Waals surface area contributed by atoms with E-state index in [4.69, 9.17) is 0 Å². The molecule has 5 rings (SSSR count). The molecule has 2 fully saturated rings. The number of aromatic hydroxyl groups is 1. The lowest BCUT2D eigenvalue weighted by Crippen LogP contribution is -2.62. The van der Waals surface area contributed by atoms with Crippen molar-refractivity contribution in [1.29, 1.82) is 0 Å². The van der Waals surface area contributed by atoms with E-state index in [2.05, 4.69) is 25.4 Å². The van der Waals surface area contributed by atoms with Crippen LogP contribution in [0.4, 0.5) is 10.2 Å². The van der Waals surface area contributed by atoms with Gasteiger partial charge in [0.05, 0.1) is 35.4 Å². The molecule has 4 atom stereocenters. The number of benzene rings is 1. The van der Waals surface area contributed by atoms with E-state index >= 15 is 4.39 Å². The second kappa shape index (κ2) is 7.26. The number of rotatable bonds is 4. The Hall–Kier alpha value is -3.07. The average Bonchev–Trinajstić information content (AvgIpc) is 3.38. The second-order valence-electron chi connectivity index (χ2n) is 8.80. The standard InChI is InChI=1S/C22H26FN7O/c1-22-9-8-14(29(22)3)12-18(21(22)23)28(2)20-7-6-17(25-26-20)16-5-4-15(13-19(16)31)30-11-10-24-27-30/h4-7,10-11,13-14,18,21,31H,8-9,12H2,1-3H3/t14?,18-,21+,22+/m0/s1. The predicted octanol–water partition coefficient (Wildman–Crippen LogP) is 2.83.